The quantitative estimate of drug-likeness (QED) is 0.689. The lowest BCUT2D eigenvalue weighted by Gasteiger charge is -2.34. The molecule has 0 N–H and O–H groups in total. The van der Waals surface area contributed by atoms with Crippen molar-refractivity contribution < 1.29 is 19.1 Å². The number of halogens is 1. The van der Waals surface area contributed by atoms with Gasteiger partial charge in [0.15, 0.2) is 13.2 Å². The van der Waals surface area contributed by atoms with Gasteiger partial charge >= 0.3 is 5.97 Å². The molecule has 2 heterocycles. The molecule has 27 heavy (non-hydrogen) atoms. The van der Waals surface area contributed by atoms with E-state index in [2.05, 4.69) is 9.97 Å². The van der Waals surface area contributed by atoms with Gasteiger partial charge < -0.3 is 19.3 Å². The van der Waals surface area contributed by atoms with Crippen molar-refractivity contribution in [2.24, 2.45) is 0 Å². The Balaban J connectivity index is 1.38. The topological polar surface area (TPSA) is 84.9 Å². The minimum absolute atomic E-state index is 0.241. The number of anilines is 1. The number of rotatable bonds is 6. The normalized spacial score (nSPS) is 14.0. The van der Waals surface area contributed by atoms with E-state index in [4.69, 9.17) is 21.1 Å². The summed E-state index contributed by atoms with van der Waals surface area (Å²) >= 11 is 5.94. The number of hydrogen-bond donors (Lipinski definition) is 0. The van der Waals surface area contributed by atoms with Gasteiger partial charge in [-0.2, -0.15) is 0 Å². The Labute approximate surface area is 161 Å². The molecule has 1 aliphatic heterocycles. The summed E-state index contributed by atoms with van der Waals surface area (Å²) < 4.78 is 10.3. The average Bonchev–Trinajstić information content (AvgIpc) is 2.72. The molecule has 1 amide bonds. The molecule has 1 aromatic heterocycles. The summed E-state index contributed by atoms with van der Waals surface area (Å²) in [5, 5.41) is 0.404. The molecular weight excluding hydrogens is 372 g/mol. The van der Waals surface area contributed by atoms with Crippen LogP contribution in [0.3, 0.4) is 0 Å². The van der Waals surface area contributed by atoms with Crippen LogP contribution in [0.15, 0.2) is 42.7 Å². The number of amides is 1. The largest absolute Gasteiger partial charge is 0.480 e. The van der Waals surface area contributed by atoms with Gasteiger partial charge in [0.05, 0.1) is 5.02 Å². The smallest absolute Gasteiger partial charge is 0.344 e. The summed E-state index contributed by atoms with van der Waals surface area (Å²) in [6, 6.07) is 8.57. The van der Waals surface area contributed by atoms with Crippen LogP contribution in [0.4, 0.5) is 5.95 Å². The lowest BCUT2D eigenvalue weighted by atomic mass is 10.3. The molecule has 2 aromatic rings. The van der Waals surface area contributed by atoms with Gasteiger partial charge in [-0.15, -0.1) is 0 Å². The van der Waals surface area contributed by atoms with Crippen LogP contribution in [0, 0.1) is 0 Å². The van der Waals surface area contributed by atoms with Crippen LogP contribution in [0.5, 0.6) is 5.75 Å². The first kappa shape index (κ1) is 18.9. The second kappa shape index (κ2) is 9.18. The van der Waals surface area contributed by atoms with Crippen molar-refractivity contribution in [3.8, 4) is 5.75 Å². The number of piperazine rings is 1. The average molecular weight is 391 g/mol. The highest BCUT2D eigenvalue weighted by molar-refractivity contribution is 6.32. The van der Waals surface area contributed by atoms with Gasteiger partial charge in [0.2, 0.25) is 5.95 Å². The number of nitrogens with zero attached hydrogens (tertiary/aromatic N) is 4. The second-order valence-corrected chi connectivity index (χ2v) is 6.20. The maximum absolute atomic E-state index is 12.2. The Kier molecular flexibility index (Phi) is 6.43. The van der Waals surface area contributed by atoms with Gasteiger partial charge in [-0.3, -0.25) is 4.79 Å². The van der Waals surface area contributed by atoms with Crippen LogP contribution >= 0.6 is 11.6 Å². The molecule has 0 bridgehead atoms. The van der Waals surface area contributed by atoms with E-state index in [1.54, 1.807) is 47.6 Å². The molecule has 142 valence electrons. The molecule has 1 aliphatic rings. The highest BCUT2D eigenvalue weighted by Gasteiger charge is 2.23. The Bertz CT molecular complexity index is 782. The van der Waals surface area contributed by atoms with E-state index in [1.807, 2.05) is 4.90 Å². The molecule has 1 aromatic carbocycles. The van der Waals surface area contributed by atoms with Crippen molar-refractivity contribution in [2.45, 2.75) is 0 Å². The molecule has 1 saturated heterocycles. The Morgan fingerprint density at radius 3 is 2.41 bits per heavy atom. The molecule has 8 nitrogen and oxygen atoms in total. The molecule has 0 saturated carbocycles. The molecular formula is C18H19ClN4O4. The Morgan fingerprint density at radius 2 is 1.70 bits per heavy atom. The van der Waals surface area contributed by atoms with Crippen molar-refractivity contribution in [3.05, 3.63) is 47.7 Å². The zero-order valence-corrected chi connectivity index (χ0v) is 15.3. The summed E-state index contributed by atoms with van der Waals surface area (Å²) in [5.74, 6) is 0.170. The van der Waals surface area contributed by atoms with Crippen molar-refractivity contribution in [1.29, 1.82) is 0 Å². The van der Waals surface area contributed by atoms with Crippen molar-refractivity contribution in [1.82, 2.24) is 14.9 Å². The van der Waals surface area contributed by atoms with Crippen LogP contribution in [0.1, 0.15) is 0 Å². The van der Waals surface area contributed by atoms with E-state index in [1.165, 1.54) is 0 Å². The summed E-state index contributed by atoms with van der Waals surface area (Å²) in [7, 11) is 0. The van der Waals surface area contributed by atoms with E-state index in [0.29, 0.717) is 42.9 Å². The lowest BCUT2D eigenvalue weighted by molar-refractivity contribution is -0.153. The third kappa shape index (κ3) is 5.30. The molecule has 0 unspecified atom stereocenters. The van der Waals surface area contributed by atoms with Crippen molar-refractivity contribution in [2.75, 3.05) is 44.3 Å². The zero-order chi connectivity index (χ0) is 19.1. The van der Waals surface area contributed by atoms with Gasteiger partial charge in [-0.1, -0.05) is 23.7 Å². The fourth-order valence-corrected chi connectivity index (χ4v) is 2.77. The number of para-hydroxylation sites is 1. The fraction of sp³-hybridized carbons (Fsp3) is 0.333. The number of ether oxygens (including phenoxy) is 2. The van der Waals surface area contributed by atoms with E-state index < -0.39 is 5.97 Å². The number of benzene rings is 1. The second-order valence-electron chi connectivity index (χ2n) is 5.80. The van der Waals surface area contributed by atoms with Gasteiger partial charge in [0.25, 0.3) is 5.91 Å². The predicted molar refractivity (Wildman–Crippen MR) is 98.7 cm³/mol. The zero-order valence-electron chi connectivity index (χ0n) is 14.6. The molecule has 1 fully saturated rings. The van der Waals surface area contributed by atoms with E-state index in [9.17, 15) is 9.59 Å². The molecule has 0 atom stereocenters. The third-order valence-electron chi connectivity index (χ3n) is 4.01. The van der Waals surface area contributed by atoms with Crippen LogP contribution < -0.4 is 9.64 Å². The van der Waals surface area contributed by atoms with E-state index >= 15 is 0 Å². The molecule has 0 aliphatic carbocycles. The standard InChI is InChI=1S/C18H19ClN4O4/c19-14-4-1-2-5-15(14)26-13-17(25)27-12-16(24)22-8-10-23(11-9-22)18-20-6-3-7-21-18/h1-7H,8-13H2. The van der Waals surface area contributed by atoms with Gasteiger partial charge in [-0.25, -0.2) is 14.8 Å². The first-order chi connectivity index (χ1) is 13.1. The molecule has 3 rings (SSSR count). The van der Waals surface area contributed by atoms with Crippen LogP contribution in [-0.4, -0.2) is 66.1 Å². The van der Waals surface area contributed by atoms with Gasteiger partial charge in [-0.05, 0) is 18.2 Å². The molecule has 0 spiro atoms. The van der Waals surface area contributed by atoms with Gasteiger partial charge in [0, 0.05) is 38.6 Å². The number of carbonyl (C=O) groups excluding carboxylic acids is 2. The van der Waals surface area contributed by atoms with Crippen molar-refractivity contribution >= 4 is 29.4 Å². The third-order valence-corrected chi connectivity index (χ3v) is 4.32. The summed E-state index contributed by atoms with van der Waals surface area (Å²) in [6.45, 7) is 1.66. The minimum atomic E-state index is -0.625. The highest BCUT2D eigenvalue weighted by atomic mass is 35.5. The summed E-state index contributed by atoms with van der Waals surface area (Å²) in [6.07, 6.45) is 3.37. The lowest BCUT2D eigenvalue weighted by Crippen LogP contribution is -2.50. The van der Waals surface area contributed by atoms with E-state index in [-0.39, 0.29) is 19.1 Å². The van der Waals surface area contributed by atoms with E-state index in [0.717, 1.165) is 0 Å². The predicted octanol–water partition coefficient (Wildman–Crippen LogP) is 1.40. The number of esters is 1. The Hall–Kier alpha value is -2.87. The molecule has 9 heteroatoms. The monoisotopic (exact) mass is 390 g/mol. The van der Waals surface area contributed by atoms with Crippen molar-refractivity contribution in [3.63, 3.8) is 0 Å². The summed E-state index contributed by atoms with van der Waals surface area (Å²) in [5.41, 5.74) is 0. The maximum atomic E-state index is 12.2. The highest BCUT2D eigenvalue weighted by Crippen LogP contribution is 2.22. The number of carbonyl (C=O) groups is 2. The van der Waals surface area contributed by atoms with Crippen LogP contribution in [0.25, 0.3) is 0 Å². The first-order valence-corrected chi connectivity index (χ1v) is 8.84. The Morgan fingerprint density at radius 1 is 1.00 bits per heavy atom. The molecule has 0 radical (unpaired) electrons. The number of aromatic nitrogens is 2. The minimum Gasteiger partial charge on any atom is -0.480 e. The maximum Gasteiger partial charge on any atom is 0.344 e. The first-order valence-electron chi connectivity index (χ1n) is 8.46. The summed E-state index contributed by atoms with van der Waals surface area (Å²) in [4.78, 5) is 36.0. The SMILES string of the molecule is O=C(COc1ccccc1Cl)OCC(=O)N1CCN(c2ncccn2)CC1. The number of hydrogen-bond acceptors (Lipinski definition) is 7. The van der Waals surface area contributed by atoms with Crippen LogP contribution in [0.2, 0.25) is 5.02 Å². The fourth-order valence-electron chi connectivity index (χ4n) is 2.58. The van der Waals surface area contributed by atoms with Crippen LogP contribution in [-0.2, 0) is 14.3 Å². The van der Waals surface area contributed by atoms with Gasteiger partial charge in [0.1, 0.15) is 5.75 Å².